The largest absolute Gasteiger partial charge is 0.497 e. The summed E-state index contributed by atoms with van der Waals surface area (Å²) in [6.45, 7) is 5.48. The van der Waals surface area contributed by atoms with Crippen molar-refractivity contribution in [3.63, 3.8) is 0 Å². The molecule has 3 aromatic rings. The van der Waals surface area contributed by atoms with Gasteiger partial charge in [-0.15, -0.1) is 0 Å². The highest BCUT2D eigenvalue weighted by Crippen LogP contribution is 2.39. The van der Waals surface area contributed by atoms with Crippen molar-refractivity contribution in [3.8, 4) is 34.0 Å². The molecule has 1 aromatic heterocycles. The second kappa shape index (κ2) is 9.75. The van der Waals surface area contributed by atoms with Crippen molar-refractivity contribution in [3.05, 3.63) is 60.4 Å². The van der Waals surface area contributed by atoms with Gasteiger partial charge in [-0.2, -0.15) is 8.78 Å². The van der Waals surface area contributed by atoms with E-state index in [1.54, 1.807) is 18.8 Å². The van der Waals surface area contributed by atoms with Crippen LogP contribution in [0.1, 0.15) is 32.8 Å². The molecule has 0 spiro atoms. The molecule has 164 valence electrons. The molecule has 31 heavy (non-hydrogen) atoms. The molecular formula is C24H26F2N2O3. The number of ether oxygens (including phenoxy) is 3. The van der Waals surface area contributed by atoms with Crippen LogP contribution in [0.25, 0.3) is 28.1 Å². The van der Waals surface area contributed by atoms with E-state index in [9.17, 15) is 8.78 Å². The summed E-state index contributed by atoms with van der Waals surface area (Å²) >= 11 is 0. The van der Waals surface area contributed by atoms with Crippen molar-refractivity contribution in [1.82, 2.24) is 9.55 Å². The molecule has 7 heteroatoms. The van der Waals surface area contributed by atoms with Crippen LogP contribution in [0.5, 0.6) is 11.5 Å². The molecule has 0 aliphatic heterocycles. The number of hydrogen-bond donors (Lipinski definition) is 0. The molecule has 1 unspecified atom stereocenters. The van der Waals surface area contributed by atoms with Gasteiger partial charge >= 0.3 is 0 Å². The molecule has 0 radical (unpaired) electrons. The first-order valence-electron chi connectivity index (χ1n) is 9.96. The van der Waals surface area contributed by atoms with Gasteiger partial charge in [0.2, 0.25) is 0 Å². The maximum Gasteiger partial charge on any atom is 0.276 e. The molecule has 5 nitrogen and oxygen atoms in total. The van der Waals surface area contributed by atoms with Crippen molar-refractivity contribution >= 4 is 5.57 Å². The van der Waals surface area contributed by atoms with Gasteiger partial charge in [0.1, 0.15) is 23.6 Å². The van der Waals surface area contributed by atoms with E-state index in [1.807, 2.05) is 62.4 Å². The average Bonchev–Trinajstić information content (AvgIpc) is 3.19. The molecule has 0 fully saturated rings. The van der Waals surface area contributed by atoms with Crippen LogP contribution in [0.15, 0.2) is 54.6 Å². The number of halogens is 2. The number of nitrogens with zero attached hydrogens (tertiary/aromatic N) is 2. The van der Waals surface area contributed by atoms with Crippen LogP contribution < -0.4 is 9.47 Å². The van der Waals surface area contributed by atoms with Gasteiger partial charge in [-0.3, -0.25) is 4.57 Å². The number of aromatic nitrogens is 2. The smallest absolute Gasteiger partial charge is 0.276 e. The fourth-order valence-corrected chi connectivity index (χ4v) is 3.43. The molecule has 1 heterocycles. The summed E-state index contributed by atoms with van der Waals surface area (Å²) in [6, 6.07) is 14.8. The lowest BCUT2D eigenvalue weighted by Crippen LogP contribution is -2.13. The van der Waals surface area contributed by atoms with E-state index in [2.05, 4.69) is 4.98 Å². The molecular weight excluding hydrogens is 402 g/mol. The molecule has 3 rings (SSSR count). The van der Waals surface area contributed by atoms with E-state index >= 15 is 0 Å². The summed E-state index contributed by atoms with van der Waals surface area (Å²) in [5, 5.41) is 0. The Kier molecular flexibility index (Phi) is 7.07. The van der Waals surface area contributed by atoms with Crippen molar-refractivity contribution in [2.24, 2.45) is 0 Å². The minimum Gasteiger partial charge on any atom is -0.497 e. The van der Waals surface area contributed by atoms with Crippen molar-refractivity contribution in [1.29, 1.82) is 0 Å². The predicted octanol–water partition coefficient (Wildman–Crippen LogP) is 6.42. The van der Waals surface area contributed by atoms with E-state index in [1.165, 1.54) is 6.92 Å². The van der Waals surface area contributed by atoms with Gasteiger partial charge in [0, 0.05) is 17.7 Å². The Morgan fingerprint density at radius 1 is 0.935 bits per heavy atom. The lowest BCUT2D eigenvalue weighted by molar-refractivity contribution is 0.0253. The quantitative estimate of drug-likeness (QED) is 0.415. The summed E-state index contributed by atoms with van der Waals surface area (Å²) in [5.41, 5.74) is 2.66. The molecule has 0 N–H and O–H groups in total. The lowest BCUT2D eigenvalue weighted by Gasteiger charge is -2.20. The van der Waals surface area contributed by atoms with Crippen molar-refractivity contribution in [2.75, 3.05) is 20.8 Å². The Morgan fingerprint density at radius 2 is 1.45 bits per heavy atom. The molecule has 0 amide bonds. The van der Waals surface area contributed by atoms with Gasteiger partial charge in [-0.25, -0.2) is 4.98 Å². The van der Waals surface area contributed by atoms with Crippen LogP contribution >= 0.6 is 0 Å². The van der Waals surface area contributed by atoms with Crippen LogP contribution in [0, 0.1) is 0 Å². The van der Waals surface area contributed by atoms with Crippen LogP contribution in [0.4, 0.5) is 8.78 Å². The molecule has 0 saturated carbocycles. The Hall–Kier alpha value is -3.19. The summed E-state index contributed by atoms with van der Waals surface area (Å²) in [7, 11) is 3.18. The molecule has 0 bridgehead atoms. The second-order valence-corrected chi connectivity index (χ2v) is 6.90. The third kappa shape index (κ3) is 4.61. The Bertz CT molecular complexity index is 1050. The highest BCUT2D eigenvalue weighted by Gasteiger charge is 2.26. The first-order chi connectivity index (χ1) is 14.9. The molecule has 0 aliphatic rings. The summed E-state index contributed by atoms with van der Waals surface area (Å²) in [6.07, 6.45) is -2.29. The SMILES string of the molecule is CCOC(C)n1c(C(C)=C(F)F)nc(-c2ccc(OC)cc2)c1-c1ccc(OC)cc1. The zero-order chi connectivity index (χ0) is 22.5. The standard InChI is InChI=1S/C24H26F2N2O3/c1-6-31-16(3)28-22(18-9-13-20(30-5)14-10-18)21(27-24(28)15(2)23(25)26)17-7-11-19(29-4)12-8-17/h7-14,16H,6H2,1-5H3. The number of methoxy groups -OCH3 is 2. The number of benzene rings is 2. The fourth-order valence-electron chi connectivity index (χ4n) is 3.43. The maximum atomic E-state index is 13.6. The second-order valence-electron chi connectivity index (χ2n) is 6.90. The number of imidazole rings is 1. The van der Waals surface area contributed by atoms with Crippen molar-refractivity contribution in [2.45, 2.75) is 27.0 Å². The highest BCUT2D eigenvalue weighted by molar-refractivity contribution is 5.82. The third-order valence-corrected chi connectivity index (χ3v) is 5.03. The van der Waals surface area contributed by atoms with Gasteiger partial charge in [0.25, 0.3) is 6.08 Å². The number of rotatable bonds is 8. The van der Waals surface area contributed by atoms with Crippen LogP contribution in [-0.4, -0.2) is 30.4 Å². The zero-order valence-corrected chi connectivity index (χ0v) is 18.3. The van der Waals surface area contributed by atoms with Crippen LogP contribution in [0.3, 0.4) is 0 Å². The zero-order valence-electron chi connectivity index (χ0n) is 18.3. The first kappa shape index (κ1) is 22.5. The number of hydrogen-bond acceptors (Lipinski definition) is 4. The summed E-state index contributed by atoms with van der Waals surface area (Å²) in [5.74, 6) is 1.56. The summed E-state index contributed by atoms with van der Waals surface area (Å²) in [4.78, 5) is 4.65. The van der Waals surface area contributed by atoms with Crippen molar-refractivity contribution < 1.29 is 23.0 Å². The molecule has 0 saturated heterocycles. The van der Waals surface area contributed by atoms with E-state index in [4.69, 9.17) is 14.2 Å². The molecule has 1 atom stereocenters. The van der Waals surface area contributed by atoms with Crippen LogP contribution in [-0.2, 0) is 4.74 Å². The Morgan fingerprint density at radius 3 is 1.90 bits per heavy atom. The normalized spacial score (nSPS) is 11.8. The predicted molar refractivity (Wildman–Crippen MR) is 117 cm³/mol. The van der Waals surface area contributed by atoms with Gasteiger partial charge < -0.3 is 14.2 Å². The van der Waals surface area contributed by atoms with Gasteiger partial charge in [0.15, 0.2) is 0 Å². The van der Waals surface area contributed by atoms with Crippen LogP contribution in [0.2, 0.25) is 0 Å². The fraction of sp³-hybridized carbons (Fsp3) is 0.292. The monoisotopic (exact) mass is 428 g/mol. The van der Waals surface area contributed by atoms with E-state index in [0.29, 0.717) is 29.5 Å². The van der Waals surface area contributed by atoms with Gasteiger partial charge in [0.05, 0.1) is 31.2 Å². The topological polar surface area (TPSA) is 45.5 Å². The average molecular weight is 428 g/mol. The van der Waals surface area contributed by atoms with E-state index in [0.717, 1.165) is 11.1 Å². The maximum absolute atomic E-state index is 13.6. The minimum atomic E-state index is -1.78. The highest BCUT2D eigenvalue weighted by atomic mass is 19.3. The lowest BCUT2D eigenvalue weighted by atomic mass is 10.0. The molecule has 2 aromatic carbocycles. The number of allylic oxidation sites excluding steroid dienone is 1. The van der Waals surface area contributed by atoms with Gasteiger partial charge in [-0.1, -0.05) is 0 Å². The summed E-state index contributed by atoms with van der Waals surface area (Å²) < 4.78 is 45.3. The van der Waals surface area contributed by atoms with E-state index in [-0.39, 0.29) is 11.4 Å². The Labute approximate surface area is 180 Å². The molecule has 0 aliphatic carbocycles. The Balaban J connectivity index is 2.34. The van der Waals surface area contributed by atoms with Gasteiger partial charge in [-0.05, 0) is 69.3 Å². The third-order valence-electron chi connectivity index (χ3n) is 5.03. The first-order valence-corrected chi connectivity index (χ1v) is 9.96. The minimum absolute atomic E-state index is 0.164. The van der Waals surface area contributed by atoms with E-state index < -0.39 is 12.3 Å².